The number of halogens is 2. The van der Waals surface area contributed by atoms with Crippen molar-refractivity contribution >= 4 is 31.9 Å². The van der Waals surface area contributed by atoms with Crippen LogP contribution in [-0.2, 0) is 0 Å². The molecule has 0 saturated heterocycles. The normalized spacial score (nSPS) is 11.7. The van der Waals surface area contributed by atoms with Crippen molar-refractivity contribution in [3.8, 4) is 11.8 Å². The topological polar surface area (TPSA) is 38.9 Å². The molecule has 2 nitrogen and oxygen atoms in total. The van der Waals surface area contributed by atoms with E-state index in [2.05, 4.69) is 48.7 Å². The first-order valence-corrected chi connectivity index (χ1v) is 6.20. The molecule has 2 N–H and O–H groups in total. The Morgan fingerprint density at radius 1 is 1.53 bits per heavy atom. The van der Waals surface area contributed by atoms with E-state index < -0.39 is 0 Å². The zero-order chi connectivity index (χ0) is 11.3. The fraction of sp³-hybridized carbons (Fsp3) is 0.364. The van der Waals surface area contributed by atoms with Crippen molar-refractivity contribution in [3.63, 3.8) is 0 Å². The minimum Gasteiger partial charge on any atom is -0.323 e. The first-order chi connectivity index (χ1) is 7.15. The van der Waals surface area contributed by atoms with Gasteiger partial charge in [0.25, 0.3) is 0 Å². The fourth-order valence-corrected chi connectivity index (χ4v) is 2.47. The number of hydrogen-bond donors (Lipinski definition) is 1. The average Bonchev–Trinajstić information content (AvgIpc) is 2.17. The third-order valence-electron chi connectivity index (χ3n) is 1.94. The molecule has 0 fully saturated rings. The first kappa shape index (κ1) is 12.7. The molecule has 80 valence electrons. The van der Waals surface area contributed by atoms with Crippen LogP contribution in [0.3, 0.4) is 0 Å². The van der Waals surface area contributed by atoms with Crippen molar-refractivity contribution < 1.29 is 0 Å². The van der Waals surface area contributed by atoms with Crippen LogP contribution in [0.1, 0.15) is 31.5 Å². The van der Waals surface area contributed by atoms with Gasteiger partial charge in [0, 0.05) is 27.6 Å². The molecule has 0 aliphatic heterocycles. The maximum atomic E-state index is 6.01. The van der Waals surface area contributed by atoms with Gasteiger partial charge >= 0.3 is 0 Å². The van der Waals surface area contributed by atoms with E-state index in [1.807, 2.05) is 13.0 Å². The summed E-state index contributed by atoms with van der Waals surface area (Å²) >= 11 is 6.80. The highest BCUT2D eigenvalue weighted by Gasteiger charge is 2.10. The molecular weight excluding hydrogens is 320 g/mol. The maximum Gasteiger partial charge on any atom is 0.0713 e. The Morgan fingerprint density at radius 2 is 2.27 bits per heavy atom. The van der Waals surface area contributed by atoms with Crippen LogP contribution in [0.15, 0.2) is 21.2 Å². The lowest BCUT2D eigenvalue weighted by Crippen LogP contribution is -2.12. The maximum absolute atomic E-state index is 6.01. The molecule has 4 heteroatoms. The van der Waals surface area contributed by atoms with Gasteiger partial charge in [0.05, 0.1) is 5.69 Å². The molecule has 1 unspecified atom stereocenters. The number of pyridine rings is 1. The monoisotopic (exact) mass is 330 g/mol. The lowest BCUT2D eigenvalue weighted by Gasteiger charge is -2.11. The smallest absolute Gasteiger partial charge is 0.0713 e. The van der Waals surface area contributed by atoms with E-state index >= 15 is 0 Å². The highest BCUT2D eigenvalue weighted by Crippen LogP contribution is 2.25. The fourth-order valence-electron chi connectivity index (χ4n) is 1.19. The summed E-state index contributed by atoms with van der Waals surface area (Å²) in [7, 11) is 0. The lowest BCUT2D eigenvalue weighted by atomic mass is 10.1. The van der Waals surface area contributed by atoms with Gasteiger partial charge in [-0.15, -0.1) is 11.8 Å². The molecule has 15 heavy (non-hydrogen) atoms. The summed E-state index contributed by atoms with van der Waals surface area (Å²) in [5, 5.41) is 0. The molecule has 0 aromatic carbocycles. The zero-order valence-electron chi connectivity index (χ0n) is 8.43. The Balaban J connectivity index is 2.71. The highest BCUT2D eigenvalue weighted by atomic mass is 79.9. The van der Waals surface area contributed by atoms with Crippen LogP contribution in [-0.4, -0.2) is 4.98 Å². The Hall–Kier alpha value is -0.370. The van der Waals surface area contributed by atoms with Gasteiger partial charge in [0.2, 0.25) is 0 Å². The van der Waals surface area contributed by atoms with Crippen LogP contribution in [0, 0.1) is 11.8 Å². The molecule has 1 rings (SSSR count). The number of rotatable bonds is 3. The molecule has 0 radical (unpaired) electrons. The number of hydrogen-bond acceptors (Lipinski definition) is 2. The standard InChI is InChI=1S/C11H12Br2N2/c1-2-3-4-5-10(14)11-9(13)6-8(12)7-15-11/h6-7,10H,4-5,14H2,1H3. The number of aromatic nitrogens is 1. The SMILES string of the molecule is CC#CCCC(N)c1ncc(Br)cc1Br. The van der Waals surface area contributed by atoms with Crippen LogP contribution >= 0.6 is 31.9 Å². The molecule has 1 atom stereocenters. The summed E-state index contributed by atoms with van der Waals surface area (Å²) in [5.41, 5.74) is 6.90. The van der Waals surface area contributed by atoms with Crippen molar-refractivity contribution in [1.29, 1.82) is 0 Å². The van der Waals surface area contributed by atoms with E-state index in [0.717, 1.165) is 27.5 Å². The molecule has 1 heterocycles. The van der Waals surface area contributed by atoms with Gasteiger partial charge in [-0.25, -0.2) is 0 Å². The Kier molecular flexibility index (Phi) is 5.30. The van der Waals surface area contributed by atoms with E-state index in [4.69, 9.17) is 5.73 Å². The summed E-state index contributed by atoms with van der Waals surface area (Å²) < 4.78 is 1.88. The van der Waals surface area contributed by atoms with Crippen LogP contribution in [0.4, 0.5) is 0 Å². The summed E-state index contributed by atoms with van der Waals surface area (Å²) in [5.74, 6) is 5.85. The van der Waals surface area contributed by atoms with Crippen molar-refractivity contribution in [1.82, 2.24) is 4.98 Å². The Labute approximate surface area is 107 Å². The number of nitrogens with two attached hydrogens (primary N) is 1. The van der Waals surface area contributed by atoms with Gasteiger partial charge in [-0.2, -0.15) is 0 Å². The van der Waals surface area contributed by atoms with Crippen LogP contribution < -0.4 is 5.73 Å². The Bertz CT molecular complexity index is 393. The first-order valence-electron chi connectivity index (χ1n) is 4.61. The highest BCUT2D eigenvalue weighted by molar-refractivity contribution is 9.11. The van der Waals surface area contributed by atoms with Gasteiger partial charge in [-0.3, -0.25) is 4.98 Å². The molecule has 1 aromatic heterocycles. The minimum absolute atomic E-state index is 0.0617. The molecule has 0 bridgehead atoms. The second-order valence-corrected chi connectivity index (χ2v) is 4.86. The third kappa shape index (κ3) is 3.94. The van der Waals surface area contributed by atoms with E-state index in [1.165, 1.54) is 0 Å². The van der Waals surface area contributed by atoms with Gasteiger partial charge < -0.3 is 5.73 Å². The summed E-state index contributed by atoms with van der Waals surface area (Å²) in [4.78, 5) is 4.29. The van der Waals surface area contributed by atoms with Crippen molar-refractivity contribution in [2.24, 2.45) is 5.73 Å². The predicted octanol–water partition coefficient (Wildman–Crippen LogP) is 3.41. The molecule has 0 spiro atoms. The molecule has 0 aliphatic carbocycles. The van der Waals surface area contributed by atoms with Gasteiger partial charge in [-0.05, 0) is 51.3 Å². The third-order valence-corrected chi connectivity index (χ3v) is 3.01. The van der Waals surface area contributed by atoms with E-state index in [-0.39, 0.29) is 6.04 Å². The second kappa shape index (κ2) is 6.26. The largest absolute Gasteiger partial charge is 0.323 e. The summed E-state index contributed by atoms with van der Waals surface area (Å²) in [6, 6.07) is 1.89. The van der Waals surface area contributed by atoms with Crippen molar-refractivity contribution in [3.05, 3.63) is 26.9 Å². The second-order valence-electron chi connectivity index (χ2n) is 3.09. The van der Waals surface area contributed by atoms with E-state index in [0.29, 0.717) is 0 Å². The zero-order valence-corrected chi connectivity index (χ0v) is 11.6. The molecule has 0 saturated carbocycles. The molecule has 0 aliphatic rings. The van der Waals surface area contributed by atoms with E-state index in [9.17, 15) is 0 Å². The Morgan fingerprint density at radius 3 is 2.87 bits per heavy atom. The molecular formula is C11H12Br2N2. The van der Waals surface area contributed by atoms with Crippen molar-refractivity contribution in [2.75, 3.05) is 0 Å². The molecule has 1 aromatic rings. The lowest BCUT2D eigenvalue weighted by molar-refractivity contribution is 0.644. The summed E-state index contributed by atoms with van der Waals surface area (Å²) in [6.07, 6.45) is 3.39. The summed E-state index contributed by atoms with van der Waals surface area (Å²) in [6.45, 7) is 1.83. The van der Waals surface area contributed by atoms with Crippen LogP contribution in [0.25, 0.3) is 0 Å². The average molecular weight is 332 g/mol. The van der Waals surface area contributed by atoms with Gasteiger partial charge in [-0.1, -0.05) is 0 Å². The number of nitrogens with zero attached hydrogens (tertiary/aromatic N) is 1. The minimum atomic E-state index is -0.0617. The van der Waals surface area contributed by atoms with Crippen LogP contribution in [0.2, 0.25) is 0 Å². The quantitative estimate of drug-likeness (QED) is 0.862. The van der Waals surface area contributed by atoms with Crippen LogP contribution in [0.5, 0.6) is 0 Å². The van der Waals surface area contributed by atoms with Gasteiger partial charge in [0.1, 0.15) is 0 Å². The van der Waals surface area contributed by atoms with Gasteiger partial charge in [0.15, 0.2) is 0 Å². The van der Waals surface area contributed by atoms with E-state index in [1.54, 1.807) is 6.20 Å². The predicted molar refractivity (Wildman–Crippen MR) is 69.2 cm³/mol. The molecule has 0 amide bonds. The van der Waals surface area contributed by atoms with Crippen molar-refractivity contribution in [2.45, 2.75) is 25.8 Å².